The number of thiocarbonyl (C=S) groups is 1. The van der Waals surface area contributed by atoms with E-state index in [4.69, 9.17) is 22.1 Å². The molecule has 1 aliphatic rings. The van der Waals surface area contributed by atoms with Crippen LogP contribution in [0, 0.1) is 0 Å². The molecule has 0 aromatic heterocycles. The van der Waals surface area contributed by atoms with Gasteiger partial charge in [-0.25, -0.2) is 5.01 Å². The van der Waals surface area contributed by atoms with Crippen molar-refractivity contribution in [1.29, 1.82) is 0 Å². The van der Waals surface area contributed by atoms with Crippen molar-refractivity contribution in [2.45, 2.75) is 12.5 Å². The summed E-state index contributed by atoms with van der Waals surface area (Å²) in [6.07, 6.45) is 0.768. The Morgan fingerprint density at radius 2 is 1.96 bits per heavy atom. The maximum absolute atomic E-state index is 5.53. The Kier molecular flexibility index (Phi) is 5.16. The van der Waals surface area contributed by atoms with E-state index in [2.05, 4.69) is 39.4 Å². The van der Waals surface area contributed by atoms with Gasteiger partial charge in [-0.05, 0) is 36.0 Å². The Morgan fingerprint density at radius 1 is 1.25 bits per heavy atom. The van der Waals surface area contributed by atoms with Gasteiger partial charge in [-0.2, -0.15) is 5.10 Å². The number of nitrogens with zero attached hydrogens (tertiary/aromatic N) is 2. The van der Waals surface area contributed by atoms with Crippen LogP contribution in [0.5, 0.6) is 5.75 Å². The zero-order valence-corrected chi connectivity index (χ0v) is 15.9. The van der Waals surface area contributed by atoms with E-state index in [0.29, 0.717) is 5.11 Å². The first-order chi connectivity index (χ1) is 11.6. The molecule has 2 aromatic carbocycles. The summed E-state index contributed by atoms with van der Waals surface area (Å²) >= 11 is 8.92. The summed E-state index contributed by atoms with van der Waals surface area (Å²) in [6, 6.07) is 16.2. The summed E-state index contributed by atoms with van der Waals surface area (Å²) in [7, 11) is 3.50. The number of halogens is 1. The van der Waals surface area contributed by atoms with Crippen molar-refractivity contribution in [1.82, 2.24) is 10.3 Å². The molecule has 3 rings (SSSR count). The normalized spacial score (nSPS) is 16.7. The molecular formula is C18H18BrN3OS. The minimum absolute atomic E-state index is 0.0137. The van der Waals surface area contributed by atoms with Crippen molar-refractivity contribution in [2.75, 3.05) is 14.2 Å². The third-order valence-corrected chi connectivity index (χ3v) is 4.93. The van der Waals surface area contributed by atoms with Gasteiger partial charge in [0.05, 0.1) is 18.9 Å². The predicted molar refractivity (Wildman–Crippen MR) is 105 cm³/mol. The average molecular weight is 404 g/mol. The molecule has 0 radical (unpaired) electrons. The smallest absolute Gasteiger partial charge is 0.189 e. The van der Waals surface area contributed by atoms with Crippen LogP contribution < -0.4 is 10.1 Å². The van der Waals surface area contributed by atoms with Gasteiger partial charge in [0, 0.05) is 23.5 Å². The molecule has 0 amide bonds. The number of para-hydroxylation sites is 1. The molecule has 0 bridgehead atoms. The summed E-state index contributed by atoms with van der Waals surface area (Å²) in [6.45, 7) is 0. The van der Waals surface area contributed by atoms with Gasteiger partial charge < -0.3 is 10.1 Å². The van der Waals surface area contributed by atoms with E-state index in [1.807, 2.05) is 42.4 Å². The fourth-order valence-corrected chi connectivity index (χ4v) is 3.25. The Bertz CT molecular complexity index is 776. The van der Waals surface area contributed by atoms with Crippen LogP contribution in [0.15, 0.2) is 58.1 Å². The Morgan fingerprint density at radius 3 is 2.62 bits per heavy atom. The number of ether oxygens (including phenoxy) is 1. The van der Waals surface area contributed by atoms with E-state index in [-0.39, 0.29) is 6.04 Å². The molecule has 0 saturated heterocycles. The zero-order chi connectivity index (χ0) is 17.1. The third kappa shape index (κ3) is 3.30. The van der Waals surface area contributed by atoms with Crippen molar-refractivity contribution >= 4 is 39.0 Å². The van der Waals surface area contributed by atoms with Gasteiger partial charge in [0.15, 0.2) is 5.11 Å². The maximum atomic E-state index is 5.53. The van der Waals surface area contributed by atoms with E-state index in [9.17, 15) is 0 Å². The van der Waals surface area contributed by atoms with Gasteiger partial charge in [-0.3, -0.25) is 0 Å². The van der Waals surface area contributed by atoms with Crippen LogP contribution in [0.25, 0.3) is 0 Å². The highest BCUT2D eigenvalue weighted by Gasteiger charge is 2.32. The molecular weight excluding hydrogens is 386 g/mol. The highest BCUT2D eigenvalue weighted by Crippen LogP contribution is 2.37. The predicted octanol–water partition coefficient (Wildman–Crippen LogP) is 4.11. The summed E-state index contributed by atoms with van der Waals surface area (Å²) in [5.41, 5.74) is 3.18. The lowest BCUT2D eigenvalue weighted by Gasteiger charge is -2.25. The Balaban J connectivity index is 1.98. The number of methoxy groups -OCH3 is 1. The van der Waals surface area contributed by atoms with Crippen LogP contribution in [0.3, 0.4) is 0 Å². The minimum atomic E-state index is 0.0137. The zero-order valence-electron chi connectivity index (χ0n) is 13.5. The molecule has 6 heteroatoms. The number of hydrogen-bond donors (Lipinski definition) is 1. The molecule has 0 saturated carbocycles. The summed E-state index contributed by atoms with van der Waals surface area (Å²) in [4.78, 5) is 0. The third-order valence-electron chi connectivity index (χ3n) is 4.01. The number of hydrazone groups is 1. The molecule has 124 valence electrons. The van der Waals surface area contributed by atoms with E-state index >= 15 is 0 Å². The van der Waals surface area contributed by atoms with Gasteiger partial charge >= 0.3 is 0 Å². The van der Waals surface area contributed by atoms with E-state index in [0.717, 1.165) is 33.5 Å². The van der Waals surface area contributed by atoms with Gasteiger partial charge in [-0.1, -0.05) is 46.3 Å². The number of benzene rings is 2. The topological polar surface area (TPSA) is 36.9 Å². The van der Waals surface area contributed by atoms with Crippen LogP contribution in [-0.2, 0) is 0 Å². The molecule has 1 atom stereocenters. The fourth-order valence-electron chi connectivity index (χ4n) is 2.81. The molecule has 0 spiro atoms. The lowest BCUT2D eigenvalue weighted by Crippen LogP contribution is -2.34. The van der Waals surface area contributed by atoms with E-state index < -0.39 is 0 Å². The van der Waals surface area contributed by atoms with Gasteiger partial charge in [-0.15, -0.1) is 0 Å². The highest BCUT2D eigenvalue weighted by atomic mass is 79.9. The molecule has 24 heavy (non-hydrogen) atoms. The lowest BCUT2D eigenvalue weighted by molar-refractivity contribution is 0.344. The molecule has 4 nitrogen and oxygen atoms in total. The van der Waals surface area contributed by atoms with Crippen LogP contribution in [-0.4, -0.2) is 30.0 Å². The molecule has 1 heterocycles. The first-order valence-electron chi connectivity index (χ1n) is 7.61. The van der Waals surface area contributed by atoms with Gasteiger partial charge in [0.1, 0.15) is 5.75 Å². The molecule has 1 unspecified atom stereocenters. The fraction of sp³-hybridized carbons (Fsp3) is 0.222. The van der Waals surface area contributed by atoms with Crippen molar-refractivity contribution in [3.05, 3.63) is 64.1 Å². The standard InChI is InChI=1S/C18H18BrN3OS/c1-20-18(24)22-16(14-5-3-4-6-17(14)23-2)11-15(21-22)12-7-9-13(19)10-8-12/h3-10,16H,11H2,1-2H3,(H,20,24). The Labute approximate surface area is 155 Å². The first kappa shape index (κ1) is 16.9. The molecule has 1 aliphatic heterocycles. The van der Waals surface area contributed by atoms with Crippen LogP contribution >= 0.6 is 28.1 Å². The molecule has 2 aromatic rings. The minimum Gasteiger partial charge on any atom is -0.496 e. The summed E-state index contributed by atoms with van der Waals surface area (Å²) < 4.78 is 6.58. The quantitative estimate of drug-likeness (QED) is 0.782. The van der Waals surface area contributed by atoms with Crippen molar-refractivity contribution in [2.24, 2.45) is 5.10 Å². The van der Waals surface area contributed by atoms with E-state index in [1.54, 1.807) is 7.11 Å². The molecule has 0 fully saturated rings. The number of nitrogens with one attached hydrogen (secondary N) is 1. The SMILES string of the molecule is CNC(=S)N1N=C(c2ccc(Br)cc2)CC1c1ccccc1OC. The van der Waals surface area contributed by atoms with Gasteiger partial charge in [0.2, 0.25) is 0 Å². The Hall–Kier alpha value is -1.92. The molecule has 0 aliphatic carbocycles. The lowest BCUT2D eigenvalue weighted by atomic mass is 9.98. The second kappa shape index (κ2) is 7.32. The van der Waals surface area contributed by atoms with Crippen molar-refractivity contribution < 1.29 is 4.74 Å². The number of hydrogen-bond acceptors (Lipinski definition) is 3. The first-order valence-corrected chi connectivity index (χ1v) is 8.81. The second-order valence-corrected chi connectivity index (χ2v) is 6.72. The average Bonchev–Trinajstić information content (AvgIpc) is 3.06. The van der Waals surface area contributed by atoms with Crippen LogP contribution in [0.1, 0.15) is 23.6 Å². The van der Waals surface area contributed by atoms with E-state index in [1.165, 1.54) is 0 Å². The highest BCUT2D eigenvalue weighted by molar-refractivity contribution is 9.10. The summed E-state index contributed by atoms with van der Waals surface area (Å²) in [5, 5.41) is 10.3. The largest absolute Gasteiger partial charge is 0.496 e. The summed E-state index contributed by atoms with van der Waals surface area (Å²) in [5.74, 6) is 0.846. The number of rotatable bonds is 3. The monoisotopic (exact) mass is 403 g/mol. The maximum Gasteiger partial charge on any atom is 0.189 e. The van der Waals surface area contributed by atoms with Crippen molar-refractivity contribution in [3.8, 4) is 5.75 Å². The van der Waals surface area contributed by atoms with Crippen LogP contribution in [0.4, 0.5) is 0 Å². The van der Waals surface area contributed by atoms with Crippen molar-refractivity contribution in [3.63, 3.8) is 0 Å². The molecule has 1 N–H and O–H groups in total. The van der Waals surface area contributed by atoms with Gasteiger partial charge in [0.25, 0.3) is 0 Å². The second-order valence-electron chi connectivity index (χ2n) is 5.42. The van der Waals surface area contributed by atoms with Crippen LogP contribution in [0.2, 0.25) is 0 Å².